The molecule has 0 bridgehead atoms. The van der Waals surface area contributed by atoms with Gasteiger partial charge in [-0.1, -0.05) is 11.6 Å². The first kappa shape index (κ1) is 16.2. The largest absolute Gasteiger partial charge is 0.353 e. The van der Waals surface area contributed by atoms with Gasteiger partial charge >= 0.3 is 0 Å². The van der Waals surface area contributed by atoms with Crippen LogP contribution in [0.1, 0.15) is 0 Å². The van der Waals surface area contributed by atoms with E-state index in [0.29, 0.717) is 31.7 Å². The number of halogens is 1. The van der Waals surface area contributed by atoms with Crippen molar-refractivity contribution in [2.75, 3.05) is 31.1 Å². The Morgan fingerprint density at radius 1 is 1.08 bits per heavy atom. The number of fused-ring (bicyclic) bond motifs is 1. The van der Waals surface area contributed by atoms with Crippen molar-refractivity contribution < 1.29 is 13.0 Å². The average molecular weight is 381 g/mol. The highest BCUT2D eigenvalue weighted by Gasteiger charge is 2.33. The fourth-order valence-corrected chi connectivity index (χ4v) is 4.84. The van der Waals surface area contributed by atoms with Crippen molar-refractivity contribution in [2.24, 2.45) is 0 Å². The second kappa shape index (κ2) is 6.21. The summed E-state index contributed by atoms with van der Waals surface area (Å²) < 4.78 is 32.1. The second-order valence-corrected chi connectivity index (χ2v) is 7.75. The molecule has 0 radical (unpaired) electrons. The van der Waals surface area contributed by atoms with Crippen LogP contribution in [0.5, 0.6) is 0 Å². The third-order valence-electron chi connectivity index (χ3n) is 4.04. The van der Waals surface area contributed by atoms with Crippen molar-refractivity contribution in [3.05, 3.63) is 35.7 Å². The molecule has 1 saturated heterocycles. The molecule has 1 aromatic carbocycles. The van der Waals surface area contributed by atoms with Crippen LogP contribution in [0.2, 0.25) is 5.02 Å². The van der Waals surface area contributed by atoms with Gasteiger partial charge in [-0.05, 0) is 22.4 Å². The minimum Gasteiger partial charge on any atom is -0.353 e. The highest BCUT2D eigenvalue weighted by atomic mass is 35.5. The molecule has 0 atom stereocenters. The van der Waals surface area contributed by atoms with Gasteiger partial charge in [-0.2, -0.15) is 4.31 Å². The van der Waals surface area contributed by atoms with Gasteiger partial charge in [0.1, 0.15) is 16.2 Å². The van der Waals surface area contributed by atoms with Crippen molar-refractivity contribution in [3.8, 4) is 0 Å². The van der Waals surface area contributed by atoms with Gasteiger partial charge in [-0.3, -0.25) is 4.98 Å². The third kappa shape index (κ3) is 2.81. The van der Waals surface area contributed by atoms with Gasteiger partial charge in [0.2, 0.25) is 10.0 Å². The molecule has 130 valence electrons. The maximum atomic E-state index is 13.0. The summed E-state index contributed by atoms with van der Waals surface area (Å²) in [7, 11) is -3.82. The van der Waals surface area contributed by atoms with E-state index < -0.39 is 10.0 Å². The Hall–Kier alpha value is -2.30. The lowest BCUT2D eigenvalue weighted by molar-refractivity contribution is 0.315. The number of nitrogens with zero attached hydrogens (tertiary/aromatic N) is 6. The van der Waals surface area contributed by atoms with Gasteiger partial charge in [0, 0.05) is 38.6 Å². The Kier molecular flexibility index (Phi) is 4.02. The van der Waals surface area contributed by atoms with Gasteiger partial charge in [0.05, 0.1) is 11.2 Å². The number of hydrogen-bond acceptors (Lipinski definition) is 8. The predicted molar refractivity (Wildman–Crippen MR) is 89.8 cm³/mol. The van der Waals surface area contributed by atoms with E-state index in [4.69, 9.17) is 11.6 Å². The quantitative estimate of drug-likeness (QED) is 0.666. The number of hydrogen-bond donors (Lipinski definition) is 0. The average Bonchev–Trinajstić information content (AvgIpc) is 3.10. The molecule has 0 N–H and O–H groups in total. The van der Waals surface area contributed by atoms with E-state index in [0.717, 1.165) is 5.82 Å². The Balaban J connectivity index is 1.62. The molecule has 1 aliphatic rings. The highest BCUT2D eigenvalue weighted by molar-refractivity contribution is 7.89. The molecule has 1 fully saturated rings. The standard InChI is InChI=1S/C14H13ClN6O3S/c15-10-1-2-11-13(19-24-18-11)14(10)25(22,23)21-7-5-20(6-8-21)12-9-16-3-4-17-12/h1-4,9H,5-8H2. The lowest BCUT2D eigenvalue weighted by Gasteiger charge is -2.34. The molecule has 0 amide bonds. The number of rotatable bonds is 3. The van der Waals surface area contributed by atoms with Crippen LogP contribution >= 0.6 is 11.6 Å². The summed E-state index contributed by atoms with van der Waals surface area (Å²) in [5, 5.41) is 7.47. The van der Waals surface area contributed by atoms with E-state index in [1.165, 1.54) is 10.4 Å². The van der Waals surface area contributed by atoms with E-state index in [1.807, 2.05) is 4.90 Å². The van der Waals surface area contributed by atoms with Crippen molar-refractivity contribution in [1.82, 2.24) is 24.6 Å². The van der Waals surface area contributed by atoms with Crippen LogP contribution in [0.25, 0.3) is 11.0 Å². The van der Waals surface area contributed by atoms with E-state index in [1.54, 1.807) is 24.7 Å². The second-order valence-electron chi connectivity index (χ2n) is 5.46. The Morgan fingerprint density at radius 2 is 1.88 bits per heavy atom. The zero-order chi connectivity index (χ0) is 17.4. The van der Waals surface area contributed by atoms with Gasteiger partial charge < -0.3 is 4.90 Å². The fourth-order valence-electron chi connectivity index (χ4n) is 2.79. The van der Waals surface area contributed by atoms with Crippen molar-refractivity contribution in [3.63, 3.8) is 0 Å². The summed E-state index contributed by atoms with van der Waals surface area (Å²) in [6.07, 6.45) is 4.86. The molecule has 11 heteroatoms. The van der Waals surface area contributed by atoms with Crippen LogP contribution < -0.4 is 4.90 Å². The molecule has 3 aromatic rings. The van der Waals surface area contributed by atoms with Gasteiger partial charge in [0.25, 0.3) is 0 Å². The monoisotopic (exact) mass is 380 g/mol. The molecular weight excluding hydrogens is 368 g/mol. The third-order valence-corrected chi connectivity index (χ3v) is 6.44. The smallest absolute Gasteiger partial charge is 0.247 e. The van der Waals surface area contributed by atoms with E-state index >= 15 is 0 Å². The zero-order valence-electron chi connectivity index (χ0n) is 12.9. The molecule has 0 unspecified atom stereocenters. The summed E-state index contributed by atoms with van der Waals surface area (Å²) in [5.41, 5.74) is 0.491. The minimum atomic E-state index is -3.82. The minimum absolute atomic E-state index is 0.0686. The SMILES string of the molecule is O=S(=O)(c1c(Cl)ccc2nonc12)N1CCN(c2cnccn2)CC1. The lowest BCUT2D eigenvalue weighted by Crippen LogP contribution is -2.49. The van der Waals surface area contributed by atoms with Crippen molar-refractivity contribution in [1.29, 1.82) is 0 Å². The molecule has 1 aliphatic heterocycles. The topological polar surface area (TPSA) is 105 Å². The first-order valence-corrected chi connectivity index (χ1v) is 9.31. The molecular formula is C14H13ClN6O3S. The zero-order valence-corrected chi connectivity index (χ0v) is 14.5. The summed E-state index contributed by atoms with van der Waals surface area (Å²) in [6.45, 7) is 1.61. The summed E-state index contributed by atoms with van der Waals surface area (Å²) in [6, 6.07) is 3.05. The molecule has 2 aromatic heterocycles. The van der Waals surface area contributed by atoms with Crippen LogP contribution in [0.4, 0.5) is 5.82 Å². The Morgan fingerprint density at radius 3 is 2.60 bits per heavy atom. The Bertz CT molecular complexity index is 1000. The maximum absolute atomic E-state index is 13.0. The fraction of sp³-hybridized carbons (Fsp3) is 0.286. The summed E-state index contributed by atoms with van der Waals surface area (Å²) in [5.74, 6) is 0.723. The number of aromatic nitrogens is 4. The first-order chi connectivity index (χ1) is 12.1. The molecule has 4 rings (SSSR count). The van der Waals surface area contributed by atoms with E-state index in [9.17, 15) is 8.42 Å². The van der Waals surface area contributed by atoms with Crippen molar-refractivity contribution >= 4 is 38.5 Å². The summed E-state index contributed by atoms with van der Waals surface area (Å²) >= 11 is 6.14. The normalized spacial score (nSPS) is 16.4. The van der Waals surface area contributed by atoms with E-state index in [2.05, 4.69) is 24.9 Å². The molecule has 0 saturated carbocycles. The molecule has 3 heterocycles. The number of piperazine rings is 1. The van der Waals surface area contributed by atoms with Gasteiger partial charge in [-0.25, -0.2) is 18.0 Å². The maximum Gasteiger partial charge on any atom is 0.247 e. The predicted octanol–water partition coefficient (Wildman–Crippen LogP) is 1.18. The van der Waals surface area contributed by atoms with Crippen LogP contribution in [0, 0.1) is 0 Å². The highest BCUT2D eigenvalue weighted by Crippen LogP contribution is 2.31. The number of anilines is 1. The summed E-state index contributed by atoms with van der Waals surface area (Å²) in [4.78, 5) is 10.2. The molecule has 25 heavy (non-hydrogen) atoms. The van der Waals surface area contributed by atoms with Crippen LogP contribution in [-0.2, 0) is 10.0 Å². The van der Waals surface area contributed by atoms with Crippen LogP contribution in [-0.4, -0.2) is 59.2 Å². The van der Waals surface area contributed by atoms with Crippen molar-refractivity contribution in [2.45, 2.75) is 4.90 Å². The van der Waals surface area contributed by atoms with E-state index in [-0.39, 0.29) is 15.4 Å². The lowest BCUT2D eigenvalue weighted by atomic mass is 10.3. The molecule has 9 nitrogen and oxygen atoms in total. The number of sulfonamides is 1. The molecule has 0 aliphatic carbocycles. The first-order valence-electron chi connectivity index (χ1n) is 7.49. The van der Waals surface area contributed by atoms with Crippen LogP contribution in [0.3, 0.4) is 0 Å². The van der Waals surface area contributed by atoms with Gasteiger partial charge in [0.15, 0.2) is 5.52 Å². The van der Waals surface area contributed by atoms with Gasteiger partial charge in [-0.15, -0.1) is 0 Å². The number of benzene rings is 1. The Labute approximate surface area is 148 Å². The molecule has 0 spiro atoms. The van der Waals surface area contributed by atoms with Crippen LogP contribution in [0.15, 0.2) is 40.2 Å².